The molecule has 1 aliphatic rings. The lowest BCUT2D eigenvalue weighted by Gasteiger charge is -2.36. The molecule has 0 saturated carbocycles. The number of carbonyl (C=O) groups is 1. The van der Waals surface area contributed by atoms with Crippen molar-refractivity contribution in [2.75, 3.05) is 33.6 Å². The van der Waals surface area contributed by atoms with Crippen molar-refractivity contribution < 1.29 is 19.0 Å². The van der Waals surface area contributed by atoms with Gasteiger partial charge >= 0.3 is 0 Å². The van der Waals surface area contributed by atoms with Gasteiger partial charge in [0.25, 0.3) is 0 Å². The van der Waals surface area contributed by atoms with Crippen molar-refractivity contribution in [3.63, 3.8) is 0 Å². The van der Waals surface area contributed by atoms with Gasteiger partial charge in [0.1, 0.15) is 11.1 Å². The first-order valence-corrected chi connectivity index (χ1v) is 8.92. The van der Waals surface area contributed by atoms with E-state index < -0.39 is 0 Å². The molecule has 0 aromatic heterocycles. The Kier molecular flexibility index (Phi) is 6.45. The summed E-state index contributed by atoms with van der Waals surface area (Å²) in [6.45, 7) is 2.90. The van der Waals surface area contributed by atoms with Crippen LogP contribution in [0.15, 0.2) is 12.1 Å². The van der Waals surface area contributed by atoms with E-state index in [-0.39, 0.29) is 11.3 Å². The number of nitrogens with zero attached hydrogens (tertiary/aromatic N) is 1. The zero-order valence-electron chi connectivity index (χ0n) is 14.3. The molecule has 1 fully saturated rings. The van der Waals surface area contributed by atoms with E-state index >= 15 is 0 Å². The molecule has 1 aliphatic heterocycles. The fraction of sp³-hybridized carbons (Fsp3) is 0.588. The van der Waals surface area contributed by atoms with E-state index in [1.807, 2.05) is 17.0 Å². The molecule has 6 heteroatoms. The van der Waals surface area contributed by atoms with E-state index in [1.165, 1.54) is 0 Å². The van der Waals surface area contributed by atoms with Crippen molar-refractivity contribution >= 4 is 17.7 Å². The van der Waals surface area contributed by atoms with Crippen LogP contribution in [0.25, 0.3) is 0 Å². The molecule has 1 saturated heterocycles. The van der Waals surface area contributed by atoms with E-state index in [4.69, 9.17) is 14.2 Å². The molecule has 0 spiro atoms. The zero-order chi connectivity index (χ0) is 16.8. The molecule has 2 rings (SSSR count). The number of unbranched alkanes of at least 4 members (excludes halogenated alkanes) is 1. The Labute approximate surface area is 142 Å². The molecule has 5 nitrogen and oxygen atoms in total. The second kappa shape index (κ2) is 8.34. The second-order valence-corrected chi connectivity index (χ2v) is 6.55. The number of hydrogen-bond acceptors (Lipinski definition) is 5. The first-order chi connectivity index (χ1) is 11.2. The van der Waals surface area contributed by atoms with Gasteiger partial charge in [-0.15, -0.1) is 11.8 Å². The molecule has 1 amide bonds. The highest BCUT2D eigenvalue weighted by atomic mass is 32.2. The van der Waals surface area contributed by atoms with Crippen LogP contribution in [-0.2, 0) is 4.79 Å². The second-order valence-electron chi connectivity index (χ2n) is 5.36. The van der Waals surface area contributed by atoms with E-state index in [2.05, 4.69) is 6.92 Å². The van der Waals surface area contributed by atoms with Crippen molar-refractivity contribution in [2.45, 2.75) is 31.6 Å². The van der Waals surface area contributed by atoms with Crippen LogP contribution < -0.4 is 14.2 Å². The standard InChI is InChI=1S/C17H25NO4S/c1-5-6-8-18-16(19)7-9-23-17(18)12-10-14(21-3)15(22-4)11-13(12)20-2/h10-11,17H,5-9H2,1-4H3. The van der Waals surface area contributed by atoms with Crippen LogP contribution in [0.2, 0.25) is 0 Å². The number of methoxy groups -OCH3 is 3. The number of carbonyl (C=O) groups excluding carboxylic acids is 1. The third kappa shape index (κ3) is 3.86. The maximum absolute atomic E-state index is 12.4. The lowest BCUT2D eigenvalue weighted by Crippen LogP contribution is -2.38. The Balaban J connectivity index is 2.42. The van der Waals surface area contributed by atoms with Gasteiger partial charge in [0.05, 0.1) is 21.3 Å². The average Bonchev–Trinajstić information content (AvgIpc) is 2.59. The Hall–Kier alpha value is -1.56. The van der Waals surface area contributed by atoms with Crippen molar-refractivity contribution in [3.8, 4) is 17.2 Å². The average molecular weight is 339 g/mol. The number of hydrogen-bond donors (Lipinski definition) is 0. The number of ether oxygens (including phenoxy) is 3. The predicted octanol–water partition coefficient (Wildman–Crippen LogP) is 3.48. The molecule has 0 aliphatic carbocycles. The smallest absolute Gasteiger partial charge is 0.224 e. The molecule has 23 heavy (non-hydrogen) atoms. The number of amides is 1. The predicted molar refractivity (Wildman–Crippen MR) is 92.5 cm³/mol. The summed E-state index contributed by atoms with van der Waals surface area (Å²) in [7, 11) is 4.85. The van der Waals surface area contributed by atoms with Crippen molar-refractivity contribution in [2.24, 2.45) is 0 Å². The minimum Gasteiger partial charge on any atom is -0.496 e. The lowest BCUT2D eigenvalue weighted by atomic mass is 10.1. The van der Waals surface area contributed by atoms with Crippen LogP contribution in [0, 0.1) is 0 Å². The summed E-state index contributed by atoms with van der Waals surface area (Å²) >= 11 is 1.77. The highest BCUT2D eigenvalue weighted by molar-refractivity contribution is 7.99. The molecule has 0 N–H and O–H groups in total. The van der Waals surface area contributed by atoms with Gasteiger partial charge in [0.2, 0.25) is 5.91 Å². The van der Waals surface area contributed by atoms with Gasteiger partial charge < -0.3 is 19.1 Å². The van der Waals surface area contributed by atoms with Crippen molar-refractivity contribution in [3.05, 3.63) is 17.7 Å². The molecule has 0 bridgehead atoms. The summed E-state index contributed by atoms with van der Waals surface area (Å²) in [6.07, 6.45) is 2.66. The molecule has 1 unspecified atom stereocenters. The molecular weight excluding hydrogens is 314 g/mol. The maximum atomic E-state index is 12.4. The van der Waals surface area contributed by atoms with Crippen molar-refractivity contribution in [1.82, 2.24) is 4.90 Å². The minimum absolute atomic E-state index is 0.0439. The fourth-order valence-corrected chi connectivity index (χ4v) is 3.98. The summed E-state index contributed by atoms with van der Waals surface area (Å²) in [5, 5.41) is -0.0439. The first kappa shape index (κ1) is 17.8. The molecule has 1 atom stereocenters. The van der Waals surface area contributed by atoms with Crippen LogP contribution >= 0.6 is 11.8 Å². The summed E-state index contributed by atoms with van der Waals surface area (Å²) in [4.78, 5) is 14.3. The van der Waals surface area contributed by atoms with Gasteiger partial charge in [0.15, 0.2) is 11.5 Å². The zero-order valence-corrected chi connectivity index (χ0v) is 15.1. The van der Waals surface area contributed by atoms with Crippen LogP contribution in [0.4, 0.5) is 0 Å². The Bertz CT molecular complexity index is 550. The molecule has 1 aromatic rings. The first-order valence-electron chi connectivity index (χ1n) is 7.87. The third-order valence-corrected chi connectivity index (χ3v) is 5.21. The molecular formula is C17H25NO4S. The minimum atomic E-state index is -0.0439. The monoisotopic (exact) mass is 339 g/mol. The third-order valence-electron chi connectivity index (χ3n) is 3.95. The fourth-order valence-electron chi connectivity index (χ4n) is 2.70. The van der Waals surface area contributed by atoms with E-state index in [0.29, 0.717) is 17.9 Å². The van der Waals surface area contributed by atoms with Gasteiger partial charge in [0, 0.05) is 30.3 Å². The molecule has 1 heterocycles. The molecule has 128 valence electrons. The highest BCUT2D eigenvalue weighted by Gasteiger charge is 2.32. The largest absolute Gasteiger partial charge is 0.496 e. The van der Waals surface area contributed by atoms with Crippen molar-refractivity contribution in [1.29, 1.82) is 0 Å². The summed E-state index contributed by atoms with van der Waals surface area (Å²) in [5.41, 5.74) is 0.958. The summed E-state index contributed by atoms with van der Waals surface area (Å²) in [5.74, 6) is 3.02. The van der Waals surface area contributed by atoms with Gasteiger partial charge in [-0.25, -0.2) is 0 Å². The number of thioether (sulfide) groups is 1. The Morgan fingerprint density at radius 3 is 2.39 bits per heavy atom. The van der Waals surface area contributed by atoms with E-state index in [1.54, 1.807) is 33.1 Å². The van der Waals surface area contributed by atoms with Gasteiger partial charge in [-0.3, -0.25) is 4.79 Å². The van der Waals surface area contributed by atoms with Gasteiger partial charge in [-0.05, 0) is 12.5 Å². The van der Waals surface area contributed by atoms with Crippen LogP contribution in [0.1, 0.15) is 37.1 Å². The number of benzene rings is 1. The topological polar surface area (TPSA) is 48.0 Å². The Morgan fingerprint density at radius 2 is 1.78 bits per heavy atom. The van der Waals surface area contributed by atoms with E-state index in [9.17, 15) is 4.79 Å². The van der Waals surface area contributed by atoms with E-state index in [0.717, 1.165) is 36.5 Å². The molecule has 0 radical (unpaired) electrons. The summed E-state index contributed by atoms with van der Waals surface area (Å²) in [6, 6.07) is 3.75. The number of rotatable bonds is 7. The lowest BCUT2D eigenvalue weighted by molar-refractivity contribution is -0.132. The normalized spacial score (nSPS) is 18.0. The van der Waals surface area contributed by atoms with Crippen LogP contribution in [0.3, 0.4) is 0 Å². The maximum Gasteiger partial charge on any atom is 0.224 e. The Morgan fingerprint density at radius 1 is 1.13 bits per heavy atom. The summed E-state index contributed by atoms with van der Waals surface area (Å²) < 4.78 is 16.3. The van der Waals surface area contributed by atoms with Gasteiger partial charge in [-0.1, -0.05) is 13.3 Å². The van der Waals surface area contributed by atoms with Gasteiger partial charge in [-0.2, -0.15) is 0 Å². The molecule has 1 aromatic carbocycles. The van der Waals surface area contributed by atoms with Crippen LogP contribution in [-0.4, -0.2) is 44.4 Å². The highest BCUT2D eigenvalue weighted by Crippen LogP contribution is 2.45. The quantitative estimate of drug-likeness (QED) is 0.761. The SMILES string of the molecule is CCCCN1C(=O)CCSC1c1cc(OC)c(OC)cc1OC. The van der Waals surface area contributed by atoms with Crippen LogP contribution in [0.5, 0.6) is 17.2 Å².